The number of nitrogens with zero attached hydrogens (tertiary/aromatic N) is 2. The third-order valence-electron chi connectivity index (χ3n) is 5.59. The first kappa shape index (κ1) is 22.6. The van der Waals surface area contributed by atoms with Gasteiger partial charge in [0.05, 0.1) is 6.54 Å². The molecule has 1 aromatic carbocycles. The van der Waals surface area contributed by atoms with Gasteiger partial charge in [-0.15, -0.1) is 24.0 Å². The summed E-state index contributed by atoms with van der Waals surface area (Å²) in [4.78, 5) is 30.0. The Morgan fingerprint density at radius 3 is 2.32 bits per heavy atom. The van der Waals surface area contributed by atoms with Gasteiger partial charge in [-0.25, -0.2) is 0 Å². The van der Waals surface area contributed by atoms with E-state index in [1.54, 1.807) is 0 Å². The van der Waals surface area contributed by atoms with E-state index in [0.29, 0.717) is 32.4 Å². The van der Waals surface area contributed by atoms with E-state index in [9.17, 15) is 9.59 Å². The Bertz CT molecular complexity index is 673. The van der Waals surface area contributed by atoms with Crippen molar-refractivity contribution in [1.29, 1.82) is 0 Å². The molecule has 154 valence electrons. The van der Waals surface area contributed by atoms with E-state index in [2.05, 4.69) is 34.9 Å². The molecule has 6 nitrogen and oxygen atoms in total. The minimum Gasteiger partial charge on any atom is -0.357 e. The molecule has 1 aliphatic heterocycles. The normalized spacial score (nSPS) is 18.9. The number of rotatable bonds is 7. The van der Waals surface area contributed by atoms with Crippen LogP contribution in [0.4, 0.5) is 0 Å². The van der Waals surface area contributed by atoms with Gasteiger partial charge >= 0.3 is 0 Å². The zero-order valence-corrected chi connectivity index (χ0v) is 18.9. The van der Waals surface area contributed by atoms with Crippen LogP contribution in [0.1, 0.15) is 51.0 Å². The molecular weight excluding hydrogens is 467 g/mol. The van der Waals surface area contributed by atoms with E-state index in [4.69, 9.17) is 4.99 Å². The minimum atomic E-state index is -0.0625. The van der Waals surface area contributed by atoms with E-state index < -0.39 is 0 Å². The Morgan fingerprint density at radius 2 is 1.75 bits per heavy atom. The third-order valence-corrected chi connectivity index (χ3v) is 5.59. The number of likely N-dealkylation sites (tertiary alicyclic amines) is 1. The summed E-state index contributed by atoms with van der Waals surface area (Å²) >= 11 is 0. The summed E-state index contributed by atoms with van der Waals surface area (Å²) in [7, 11) is 0. The van der Waals surface area contributed by atoms with Crippen LogP contribution in [0.15, 0.2) is 35.3 Å². The van der Waals surface area contributed by atoms with E-state index >= 15 is 0 Å². The number of benzene rings is 1. The van der Waals surface area contributed by atoms with Gasteiger partial charge in [0, 0.05) is 37.9 Å². The molecule has 1 saturated heterocycles. The number of guanidine groups is 1. The lowest BCUT2D eigenvalue weighted by Gasteiger charge is -2.41. The molecule has 3 rings (SSSR count). The van der Waals surface area contributed by atoms with Crippen molar-refractivity contribution in [2.75, 3.05) is 26.2 Å². The second kappa shape index (κ2) is 10.8. The van der Waals surface area contributed by atoms with Gasteiger partial charge < -0.3 is 10.6 Å². The Labute approximate surface area is 184 Å². The first-order valence-electron chi connectivity index (χ1n) is 10.1. The largest absolute Gasteiger partial charge is 0.357 e. The highest BCUT2D eigenvalue weighted by molar-refractivity contribution is 14.0. The van der Waals surface area contributed by atoms with Crippen LogP contribution >= 0.6 is 24.0 Å². The fraction of sp³-hybridized carbons (Fsp3) is 0.571. The lowest BCUT2D eigenvalue weighted by molar-refractivity contribution is -0.147. The average molecular weight is 498 g/mol. The quantitative estimate of drug-likeness (QED) is 0.263. The molecule has 0 bridgehead atoms. The molecule has 1 aromatic rings. The molecule has 0 radical (unpaired) electrons. The highest BCUT2D eigenvalue weighted by Crippen LogP contribution is 2.43. The van der Waals surface area contributed by atoms with Crippen LogP contribution in [0.5, 0.6) is 0 Å². The molecule has 0 atom stereocenters. The topological polar surface area (TPSA) is 73.8 Å². The SMILES string of the molecule is CCNC(=NCC1(c2ccccc2)CCC1)NCCN1C(=O)CCCC1=O.I. The second-order valence-electron chi connectivity index (χ2n) is 7.41. The van der Waals surface area contributed by atoms with Gasteiger partial charge in [0.25, 0.3) is 0 Å². The highest BCUT2D eigenvalue weighted by atomic mass is 127. The van der Waals surface area contributed by atoms with Gasteiger partial charge in [0.15, 0.2) is 5.96 Å². The molecule has 1 saturated carbocycles. The predicted octanol–water partition coefficient (Wildman–Crippen LogP) is 2.82. The molecule has 2 amide bonds. The van der Waals surface area contributed by atoms with Crippen LogP contribution in [0.2, 0.25) is 0 Å². The highest BCUT2D eigenvalue weighted by Gasteiger charge is 2.38. The number of carbonyl (C=O) groups is 2. The molecule has 28 heavy (non-hydrogen) atoms. The number of nitrogens with one attached hydrogen (secondary N) is 2. The summed E-state index contributed by atoms with van der Waals surface area (Å²) < 4.78 is 0. The maximum absolute atomic E-state index is 11.9. The molecule has 0 unspecified atom stereocenters. The number of amides is 2. The van der Waals surface area contributed by atoms with Crippen molar-refractivity contribution in [3.05, 3.63) is 35.9 Å². The van der Waals surface area contributed by atoms with Gasteiger partial charge in [0.2, 0.25) is 11.8 Å². The van der Waals surface area contributed by atoms with E-state index in [0.717, 1.165) is 31.9 Å². The molecule has 7 heteroatoms. The summed E-state index contributed by atoms with van der Waals surface area (Å²) in [5, 5.41) is 6.54. The Balaban J connectivity index is 0.00000280. The summed E-state index contributed by atoms with van der Waals surface area (Å²) in [5.74, 6) is 0.622. The molecule has 2 aliphatic rings. The summed E-state index contributed by atoms with van der Waals surface area (Å²) in [5.41, 5.74) is 1.50. The number of carbonyl (C=O) groups excluding carboxylic acids is 2. The molecular formula is C21H31IN4O2. The standard InChI is InChI=1S/C21H30N4O2.HI/c1-2-22-20(23-14-15-25-18(26)10-6-11-19(25)27)24-16-21(12-7-13-21)17-8-4-3-5-9-17;/h3-5,8-9H,2,6-7,10-16H2,1H3,(H2,22,23,24);1H. The number of aliphatic imine (C=N–C) groups is 1. The minimum absolute atomic E-state index is 0. The first-order chi connectivity index (χ1) is 13.1. The predicted molar refractivity (Wildman–Crippen MR) is 122 cm³/mol. The van der Waals surface area contributed by atoms with Crippen molar-refractivity contribution in [2.45, 2.75) is 50.9 Å². The van der Waals surface area contributed by atoms with Crippen molar-refractivity contribution >= 4 is 41.8 Å². The fourth-order valence-corrected chi connectivity index (χ4v) is 3.84. The zero-order chi connectivity index (χ0) is 19.1. The van der Waals surface area contributed by atoms with Crippen LogP contribution < -0.4 is 10.6 Å². The third kappa shape index (κ3) is 5.46. The van der Waals surface area contributed by atoms with Crippen molar-refractivity contribution in [2.24, 2.45) is 4.99 Å². The van der Waals surface area contributed by atoms with Crippen LogP contribution in [0, 0.1) is 0 Å². The number of hydrogen-bond donors (Lipinski definition) is 2. The number of halogens is 1. The Kier molecular flexibility index (Phi) is 8.72. The number of imide groups is 1. The molecule has 2 fully saturated rings. The Hall–Kier alpha value is -1.64. The second-order valence-corrected chi connectivity index (χ2v) is 7.41. The maximum Gasteiger partial charge on any atom is 0.229 e. The molecule has 2 N–H and O–H groups in total. The summed E-state index contributed by atoms with van der Waals surface area (Å²) in [6.07, 6.45) is 5.19. The van der Waals surface area contributed by atoms with Crippen molar-refractivity contribution in [3.63, 3.8) is 0 Å². The van der Waals surface area contributed by atoms with Gasteiger partial charge in [-0.3, -0.25) is 19.5 Å². The van der Waals surface area contributed by atoms with Gasteiger partial charge in [-0.1, -0.05) is 36.8 Å². The monoisotopic (exact) mass is 498 g/mol. The van der Waals surface area contributed by atoms with Gasteiger partial charge in [0.1, 0.15) is 0 Å². The molecule has 0 spiro atoms. The number of hydrogen-bond acceptors (Lipinski definition) is 3. The van der Waals surface area contributed by atoms with Crippen LogP contribution in [0.25, 0.3) is 0 Å². The van der Waals surface area contributed by atoms with Crippen molar-refractivity contribution in [3.8, 4) is 0 Å². The summed E-state index contributed by atoms with van der Waals surface area (Å²) in [6.45, 7) is 4.46. The van der Waals surface area contributed by atoms with E-state index in [-0.39, 0.29) is 41.2 Å². The van der Waals surface area contributed by atoms with Crippen molar-refractivity contribution in [1.82, 2.24) is 15.5 Å². The summed E-state index contributed by atoms with van der Waals surface area (Å²) in [6, 6.07) is 10.6. The van der Waals surface area contributed by atoms with Gasteiger partial charge in [-0.05, 0) is 31.7 Å². The van der Waals surface area contributed by atoms with Gasteiger partial charge in [-0.2, -0.15) is 0 Å². The zero-order valence-electron chi connectivity index (χ0n) is 16.6. The van der Waals surface area contributed by atoms with Crippen LogP contribution in [0.3, 0.4) is 0 Å². The van der Waals surface area contributed by atoms with Crippen LogP contribution in [-0.2, 0) is 15.0 Å². The van der Waals surface area contributed by atoms with E-state index in [1.807, 2.05) is 13.0 Å². The molecule has 0 aromatic heterocycles. The Morgan fingerprint density at radius 1 is 1.07 bits per heavy atom. The maximum atomic E-state index is 11.9. The van der Waals surface area contributed by atoms with Crippen molar-refractivity contribution < 1.29 is 9.59 Å². The van der Waals surface area contributed by atoms with E-state index in [1.165, 1.54) is 16.9 Å². The number of piperidine rings is 1. The van der Waals surface area contributed by atoms with Crippen LogP contribution in [-0.4, -0.2) is 48.9 Å². The molecule has 1 aliphatic carbocycles. The lowest BCUT2D eigenvalue weighted by atomic mass is 9.64. The first-order valence-corrected chi connectivity index (χ1v) is 10.1. The smallest absolute Gasteiger partial charge is 0.229 e. The average Bonchev–Trinajstić information content (AvgIpc) is 2.64. The lowest BCUT2D eigenvalue weighted by Crippen LogP contribution is -2.47. The molecule has 1 heterocycles. The fourth-order valence-electron chi connectivity index (χ4n) is 3.84.